The van der Waals surface area contributed by atoms with Crippen LogP contribution in [0.1, 0.15) is 12.8 Å². The maximum atomic E-state index is 12.1. The lowest BCUT2D eigenvalue weighted by Gasteiger charge is -2.21. The summed E-state index contributed by atoms with van der Waals surface area (Å²) < 4.78 is 35.3. The van der Waals surface area contributed by atoms with Gasteiger partial charge in [-0.15, -0.1) is 0 Å². The van der Waals surface area contributed by atoms with Crippen molar-refractivity contribution in [1.29, 1.82) is 0 Å². The minimum absolute atomic E-state index is 0.132. The van der Waals surface area contributed by atoms with Crippen LogP contribution in [0.25, 0.3) is 11.2 Å². The molecule has 140 valence electrons. The van der Waals surface area contributed by atoms with E-state index < -0.39 is 12.5 Å². The summed E-state index contributed by atoms with van der Waals surface area (Å²) >= 11 is 0. The number of rotatable bonds is 6. The van der Waals surface area contributed by atoms with Gasteiger partial charge in [0.2, 0.25) is 0 Å². The van der Waals surface area contributed by atoms with Gasteiger partial charge in [0.1, 0.15) is 11.4 Å². The molecule has 1 fully saturated rings. The van der Waals surface area contributed by atoms with Gasteiger partial charge in [-0.2, -0.15) is 13.9 Å². The lowest BCUT2D eigenvalue weighted by molar-refractivity contribution is -0.0966. The quantitative estimate of drug-likeness (QED) is 0.447. The summed E-state index contributed by atoms with van der Waals surface area (Å²) in [7, 11) is 0. The van der Waals surface area contributed by atoms with Crippen LogP contribution in [0.5, 0.6) is 0 Å². The van der Waals surface area contributed by atoms with Gasteiger partial charge in [0.05, 0.1) is 12.4 Å². The molecule has 0 spiro atoms. The normalized spacial score (nSPS) is 17.2. The predicted octanol–water partition coefficient (Wildman–Crippen LogP) is 1.28. The Hall–Kier alpha value is -2.82. The van der Waals surface area contributed by atoms with Crippen molar-refractivity contribution in [1.82, 2.24) is 19.7 Å². The molecule has 0 radical (unpaired) electrons. The third-order valence-corrected chi connectivity index (χ3v) is 3.86. The highest BCUT2D eigenvalue weighted by Crippen LogP contribution is 2.20. The monoisotopic (exact) mass is 367 g/mol. The second-order valence-electron chi connectivity index (χ2n) is 5.78. The molecule has 0 atom stereocenters. The lowest BCUT2D eigenvalue weighted by Crippen LogP contribution is -2.21. The van der Waals surface area contributed by atoms with Gasteiger partial charge < -0.3 is 20.9 Å². The first-order chi connectivity index (χ1) is 12.5. The number of aliphatic imine (C=N–C) groups is 1. The summed E-state index contributed by atoms with van der Waals surface area (Å²) in [5.41, 5.74) is 12.1. The zero-order valence-electron chi connectivity index (χ0n) is 13.9. The third kappa shape index (κ3) is 4.63. The standard InChI is InChI=1S/C15H19F2N7O2/c16-15(17)26-12(19)5-11(18)22-13-7-20-10-6-21-24(14(10)23-13)8-9-1-3-25-4-2-9/h5-7,9,15H,1-4,8,19H2,(H2,18,22,23)/b12-5+. The number of nitrogens with two attached hydrogens (primary N) is 2. The summed E-state index contributed by atoms with van der Waals surface area (Å²) in [6, 6.07) is 0. The first-order valence-electron chi connectivity index (χ1n) is 8.03. The Bertz CT molecular complexity index is 815. The summed E-state index contributed by atoms with van der Waals surface area (Å²) in [5, 5.41) is 4.33. The summed E-state index contributed by atoms with van der Waals surface area (Å²) in [4.78, 5) is 12.6. The number of hydrogen-bond donors (Lipinski definition) is 2. The third-order valence-electron chi connectivity index (χ3n) is 3.86. The molecule has 0 unspecified atom stereocenters. The number of hydrogen-bond acceptors (Lipinski definition) is 7. The Morgan fingerprint density at radius 3 is 2.88 bits per heavy atom. The number of amidine groups is 1. The average molecular weight is 367 g/mol. The van der Waals surface area contributed by atoms with E-state index in [0.29, 0.717) is 23.6 Å². The first kappa shape index (κ1) is 18.0. The molecule has 0 aromatic carbocycles. The molecule has 2 aromatic heterocycles. The second kappa shape index (κ2) is 8.04. The van der Waals surface area contributed by atoms with Crippen LogP contribution in [0.4, 0.5) is 14.6 Å². The van der Waals surface area contributed by atoms with Gasteiger partial charge in [0.15, 0.2) is 17.3 Å². The number of alkyl halides is 2. The zero-order chi connectivity index (χ0) is 18.5. The molecule has 3 heterocycles. The zero-order valence-corrected chi connectivity index (χ0v) is 13.9. The van der Waals surface area contributed by atoms with E-state index in [1.807, 2.05) is 0 Å². The number of aromatic nitrogens is 4. The Kier molecular flexibility index (Phi) is 5.56. The predicted molar refractivity (Wildman–Crippen MR) is 89.5 cm³/mol. The molecular weight excluding hydrogens is 348 g/mol. The van der Waals surface area contributed by atoms with Crippen LogP contribution in [0.15, 0.2) is 29.3 Å². The summed E-state index contributed by atoms with van der Waals surface area (Å²) in [6.45, 7) is -0.833. The average Bonchev–Trinajstić information content (AvgIpc) is 2.97. The molecule has 0 amide bonds. The van der Waals surface area contributed by atoms with Gasteiger partial charge in [-0.25, -0.2) is 19.6 Å². The molecule has 1 aliphatic heterocycles. The lowest BCUT2D eigenvalue weighted by atomic mass is 10.0. The number of fused-ring (bicyclic) bond motifs is 1. The Labute approximate surface area is 147 Å². The van der Waals surface area contributed by atoms with E-state index in [2.05, 4.69) is 24.8 Å². The molecule has 0 aliphatic carbocycles. The van der Waals surface area contributed by atoms with Crippen LogP contribution in [0.3, 0.4) is 0 Å². The van der Waals surface area contributed by atoms with Crippen molar-refractivity contribution < 1.29 is 18.3 Å². The number of halogens is 2. The largest absolute Gasteiger partial charge is 0.419 e. The molecule has 11 heteroatoms. The molecule has 0 saturated carbocycles. The van der Waals surface area contributed by atoms with Crippen LogP contribution >= 0.6 is 0 Å². The van der Waals surface area contributed by atoms with E-state index in [0.717, 1.165) is 32.1 Å². The fraction of sp³-hybridized carbons (Fsp3) is 0.467. The number of ether oxygens (including phenoxy) is 2. The van der Waals surface area contributed by atoms with Gasteiger partial charge in [-0.3, -0.25) is 0 Å². The van der Waals surface area contributed by atoms with Gasteiger partial charge >= 0.3 is 6.61 Å². The van der Waals surface area contributed by atoms with Crippen molar-refractivity contribution in [3.8, 4) is 0 Å². The van der Waals surface area contributed by atoms with Gasteiger partial charge in [-0.1, -0.05) is 0 Å². The Morgan fingerprint density at radius 2 is 2.15 bits per heavy atom. The van der Waals surface area contributed by atoms with Crippen molar-refractivity contribution in [2.75, 3.05) is 13.2 Å². The number of nitrogens with zero attached hydrogens (tertiary/aromatic N) is 5. The maximum absolute atomic E-state index is 12.1. The molecule has 0 bridgehead atoms. The van der Waals surface area contributed by atoms with Gasteiger partial charge in [0.25, 0.3) is 0 Å². The highest BCUT2D eigenvalue weighted by molar-refractivity contribution is 5.93. The van der Waals surface area contributed by atoms with Crippen LogP contribution in [0, 0.1) is 5.92 Å². The van der Waals surface area contributed by atoms with E-state index in [1.54, 1.807) is 10.9 Å². The van der Waals surface area contributed by atoms with Crippen molar-refractivity contribution in [3.05, 3.63) is 24.4 Å². The van der Waals surface area contributed by atoms with Crippen LogP contribution in [0.2, 0.25) is 0 Å². The fourth-order valence-corrected chi connectivity index (χ4v) is 2.65. The topological polar surface area (TPSA) is 126 Å². The second-order valence-corrected chi connectivity index (χ2v) is 5.78. The molecule has 4 N–H and O–H groups in total. The van der Waals surface area contributed by atoms with E-state index in [9.17, 15) is 8.78 Å². The van der Waals surface area contributed by atoms with Gasteiger partial charge in [0, 0.05) is 25.8 Å². The minimum Gasteiger partial charge on any atom is -0.419 e. The summed E-state index contributed by atoms with van der Waals surface area (Å²) in [6.07, 6.45) is 5.96. The highest BCUT2D eigenvalue weighted by Gasteiger charge is 2.17. The van der Waals surface area contributed by atoms with Crippen molar-refractivity contribution in [2.45, 2.75) is 26.0 Å². The smallest absolute Gasteiger partial charge is 0.388 e. The van der Waals surface area contributed by atoms with Gasteiger partial charge in [-0.05, 0) is 18.8 Å². The van der Waals surface area contributed by atoms with E-state index >= 15 is 0 Å². The highest BCUT2D eigenvalue weighted by atomic mass is 19.3. The first-order valence-corrected chi connectivity index (χ1v) is 8.03. The molecular formula is C15H19F2N7O2. The van der Waals surface area contributed by atoms with Crippen molar-refractivity contribution in [3.63, 3.8) is 0 Å². The molecule has 26 heavy (non-hydrogen) atoms. The Balaban J connectivity index is 1.79. The van der Waals surface area contributed by atoms with Crippen LogP contribution in [-0.2, 0) is 16.0 Å². The van der Waals surface area contributed by atoms with Crippen LogP contribution < -0.4 is 11.5 Å². The molecule has 3 rings (SSSR count). The van der Waals surface area contributed by atoms with E-state index in [1.165, 1.54) is 6.20 Å². The van der Waals surface area contributed by atoms with E-state index in [4.69, 9.17) is 16.2 Å². The fourth-order valence-electron chi connectivity index (χ4n) is 2.65. The molecule has 1 saturated heterocycles. The molecule has 1 aliphatic rings. The maximum Gasteiger partial charge on any atom is 0.388 e. The SMILES string of the molecule is N/C(=C\C(N)=N/c1cnc2cnn(CC3CCOCC3)c2n1)OC(F)F. The van der Waals surface area contributed by atoms with E-state index in [-0.39, 0.29) is 11.7 Å². The molecule has 2 aromatic rings. The van der Waals surface area contributed by atoms with Crippen molar-refractivity contribution >= 4 is 22.8 Å². The summed E-state index contributed by atoms with van der Waals surface area (Å²) in [5.74, 6) is -0.00271. The van der Waals surface area contributed by atoms with Crippen molar-refractivity contribution in [2.24, 2.45) is 22.4 Å². The minimum atomic E-state index is -3.03. The Morgan fingerprint density at radius 1 is 1.38 bits per heavy atom. The van der Waals surface area contributed by atoms with Crippen LogP contribution in [-0.4, -0.2) is 45.4 Å². The molecule has 9 nitrogen and oxygen atoms in total.